The molecule has 1 saturated heterocycles. The molecular formula is C17H19ClF3N3O3. The molecule has 3 amide bonds. The zero-order valence-electron chi connectivity index (χ0n) is 14.3. The maximum Gasteiger partial charge on any atom is 0.405 e. The molecule has 148 valence electrons. The van der Waals surface area contributed by atoms with Crippen molar-refractivity contribution in [2.24, 2.45) is 0 Å². The number of hydrogen-bond donors (Lipinski definition) is 2. The number of rotatable bonds is 6. The predicted molar refractivity (Wildman–Crippen MR) is 92.2 cm³/mol. The molecule has 1 aliphatic rings. The number of amides is 3. The molecule has 1 heterocycles. The van der Waals surface area contributed by atoms with Crippen molar-refractivity contribution >= 4 is 29.3 Å². The quantitative estimate of drug-likeness (QED) is 0.761. The third kappa shape index (κ3) is 6.13. The maximum atomic E-state index is 12.3. The predicted octanol–water partition coefficient (Wildman–Crippen LogP) is 2.13. The zero-order valence-corrected chi connectivity index (χ0v) is 15.1. The van der Waals surface area contributed by atoms with Crippen LogP contribution in [0.25, 0.3) is 0 Å². The molecule has 6 nitrogen and oxygen atoms in total. The van der Waals surface area contributed by atoms with Gasteiger partial charge in [-0.05, 0) is 25.0 Å². The Hall–Kier alpha value is -2.29. The summed E-state index contributed by atoms with van der Waals surface area (Å²) in [7, 11) is 0. The van der Waals surface area contributed by atoms with Crippen LogP contribution in [0.5, 0.6) is 0 Å². The molecule has 10 heteroatoms. The third-order valence-corrected chi connectivity index (χ3v) is 4.41. The number of hydrogen-bond acceptors (Lipinski definition) is 3. The summed E-state index contributed by atoms with van der Waals surface area (Å²) in [4.78, 5) is 37.5. The molecule has 0 unspecified atom stereocenters. The Labute approximate surface area is 159 Å². The van der Waals surface area contributed by atoms with Gasteiger partial charge in [-0.15, -0.1) is 0 Å². The molecule has 1 atom stereocenters. The lowest BCUT2D eigenvalue weighted by Gasteiger charge is -2.24. The molecular weight excluding hydrogens is 387 g/mol. The van der Waals surface area contributed by atoms with Crippen LogP contribution in [0.1, 0.15) is 29.6 Å². The van der Waals surface area contributed by atoms with Crippen molar-refractivity contribution in [1.82, 2.24) is 15.5 Å². The first-order valence-corrected chi connectivity index (χ1v) is 8.73. The van der Waals surface area contributed by atoms with Crippen LogP contribution in [-0.2, 0) is 9.59 Å². The molecule has 2 rings (SSSR count). The monoisotopic (exact) mass is 405 g/mol. The third-order valence-electron chi connectivity index (χ3n) is 4.08. The number of nitrogens with one attached hydrogen (secondary N) is 2. The largest absolute Gasteiger partial charge is 0.405 e. The zero-order chi connectivity index (χ0) is 20.0. The fourth-order valence-corrected chi connectivity index (χ4v) is 3.03. The van der Waals surface area contributed by atoms with Crippen LogP contribution in [0, 0.1) is 0 Å². The molecule has 0 spiro atoms. The standard InChI is InChI=1S/C17H19ClF3N3O3/c18-12-5-2-1-4-11(12)15(26)22-8-7-14(25)24-9-3-6-13(24)16(27)23-10-17(19,20)21/h1-2,4-5,13H,3,6-10H2,(H,22,26)(H,23,27)/t13-/m0/s1. The van der Waals surface area contributed by atoms with Gasteiger partial charge in [0.1, 0.15) is 12.6 Å². The highest BCUT2D eigenvalue weighted by Crippen LogP contribution is 2.20. The molecule has 27 heavy (non-hydrogen) atoms. The Balaban J connectivity index is 1.83. The average Bonchev–Trinajstić information content (AvgIpc) is 3.09. The normalized spacial score (nSPS) is 16.9. The van der Waals surface area contributed by atoms with E-state index in [1.165, 1.54) is 4.90 Å². The number of likely N-dealkylation sites (tertiary alicyclic amines) is 1. The van der Waals surface area contributed by atoms with Gasteiger partial charge in [0.15, 0.2) is 0 Å². The van der Waals surface area contributed by atoms with Crippen molar-refractivity contribution in [3.8, 4) is 0 Å². The van der Waals surface area contributed by atoms with Crippen LogP contribution in [-0.4, -0.2) is 54.5 Å². The van der Waals surface area contributed by atoms with Gasteiger partial charge < -0.3 is 15.5 Å². The average molecular weight is 406 g/mol. The lowest BCUT2D eigenvalue weighted by molar-refractivity contribution is -0.144. The SMILES string of the molecule is O=C(NCCC(=O)N1CCC[C@H]1C(=O)NCC(F)(F)F)c1ccccc1Cl. The van der Waals surface area contributed by atoms with Crippen molar-refractivity contribution in [2.45, 2.75) is 31.5 Å². The van der Waals surface area contributed by atoms with Crippen LogP contribution in [0.4, 0.5) is 13.2 Å². The molecule has 1 aromatic rings. The lowest BCUT2D eigenvalue weighted by atomic mass is 10.2. The van der Waals surface area contributed by atoms with Crippen LogP contribution in [0.3, 0.4) is 0 Å². The molecule has 0 bridgehead atoms. The van der Waals surface area contributed by atoms with Gasteiger partial charge in [-0.2, -0.15) is 13.2 Å². The van der Waals surface area contributed by atoms with E-state index in [0.717, 1.165) is 0 Å². The summed E-state index contributed by atoms with van der Waals surface area (Å²) < 4.78 is 36.7. The summed E-state index contributed by atoms with van der Waals surface area (Å²) >= 11 is 5.92. The Morgan fingerprint density at radius 1 is 1.19 bits per heavy atom. The maximum absolute atomic E-state index is 12.3. The van der Waals surface area contributed by atoms with Gasteiger partial charge in [0.25, 0.3) is 5.91 Å². The summed E-state index contributed by atoms with van der Waals surface area (Å²) in [5.74, 6) is -1.66. The second-order valence-corrected chi connectivity index (χ2v) is 6.47. The van der Waals surface area contributed by atoms with Crippen LogP contribution < -0.4 is 10.6 Å². The Bertz CT molecular complexity index is 712. The van der Waals surface area contributed by atoms with E-state index < -0.39 is 36.5 Å². The van der Waals surface area contributed by atoms with E-state index in [9.17, 15) is 27.6 Å². The van der Waals surface area contributed by atoms with E-state index >= 15 is 0 Å². The first kappa shape index (κ1) is 21.0. The van der Waals surface area contributed by atoms with Crippen LogP contribution in [0.15, 0.2) is 24.3 Å². The molecule has 0 aliphatic carbocycles. The molecule has 1 aromatic carbocycles. The highest BCUT2D eigenvalue weighted by Gasteiger charge is 2.36. The molecule has 1 fully saturated rings. The minimum absolute atomic E-state index is 0.0241. The van der Waals surface area contributed by atoms with Crippen molar-refractivity contribution in [3.05, 3.63) is 34.9 Å². The van der Waals surface area contributed by atoms with E-state index in [0.29, 0.717) is 19.4 Å². The minimum atomic E-state index is -4.51. The molecule has 1 aliphatic heterocycles. The Morgan fingerprint density at radius 3 is 2.56 bits per heavy atom. The summed E-state index contributed by atoms with van der Waals surface area (Å²) in [6.45, 7) is -1.12. The second-order valence-electron chi connectivity index (χ2n) is 6.06. The fourth-order valence-electron chi connectivity index (χ4n) is 2.81. The van der Waals surface area contributed by atoms with Gasteiger partial charge >= 0.3 is 6.18 Å². The van der Waals surface area contributed by atoms with E-state index in [1.54, 1.807) is 24.3 Å². The number of carbonyl (C=O) groups excluding carboxylic acids is 3. The molecule has 0 aromatic heterocycles. The second kappa shape index (κ2) is 9.07. The van der Waals surface area contributed by atoms with Gasteiger partial charge in [0, 0.05) is 19.5 Å². The topological polar surface area (TPSA) is 78.5 Å². The van der Waals surface area contributed by atoms with E-state index in [-0.39, 0.29) is 23.6 Å². The summed E-state index contributed by atoms with van der Waals surface area (Å²) in [6, 6.07) is 5.52. The number of halogens is 4. The van der Waals surface area contributed by atoms with Gasteiger partial charge in [0.05, 0.1) is 10.6 Å². The van der Waals surface area contributed by atoms with E-state index in [4.69, 9.17) is 11.6 Å². The van der Waals surface area contributed by atoms with Crippen LogP contribution in [0.2, 0.25) is 5.02 Å². The van der Waals surface area contributed by atoms with Gasteiger partial charge in [-0.1, -0.05) is 23.7 Å². The van der Waals surface area contributed by atoms with Crippen molar-refractivity contribution in [1.29, 1.82) is 0 Å². The smallest absolute Gasteiger partial charge is 0.351 e. The number of carbonyl (C=O) groups is 3. The molecule has 0 radical (unpaired) electrons. The van der Waals surface area contributed by atoms with Gasteiger partial charge in [0.2, 0.25) is 11.8 Å². The highest BCUT2D eigenvalue weighted by atomic mass is 35.5. The summed E-state index contributed by atoms with van der Waals surface area (Å²) in [6.07, 6.45) is -3.74. The van der Waals surface area contributed by atoms with Crippen molar-refractivity contribution in [2.75, 3.05) is 19.6 Å². The van der Waals surface area contributed by atoms with E-state index in [1.807, 2.05) is 5.32 Å². The number of alkyl halides is 3. The fraction of sp³-hybridized carbons (Fsp3) is 0.471. The first-order chi connectivity index (χ1) is 12.7. The van der Waals surface area contributed by atoms with Gasteiger partial charge in [-0.3, -0.25) is 14.4 Å². The molecule has 0 saturated carbocycles. The van der Waals surface area contributed by atoms with Crippen molar-refractivity contribution in [3.63, 3.8) is 0 Å². The first-order valence-electron chi connectivity index (χ1n) is 8.35. The van der Waals surface area contributed by atoms with E-state index in [2.05, 4.69) is 5.32 Å². The summed E-state index contributed by atoms with van der Waals surface area (Å²) in [5.41, 5.74) is 0.275. The van der Waals surface area contributed by atoms with Crippen molar-refractivity contribution < 1.29 is 27.6 Å². The lowest BCUT2D eigenvalue weighted by Crippen LogP contribution is -2.48. The molecule has 2 N–H and O–H groups in total. The number of nitrogens with zero attached hydrogens (tertiary/aromatic N) is 1. The Kier molecular flexibility index (Phi) is 7.06. The highest BCUT2D eigenvalue weighted by molar-refractivity contribution is 6.33. The summed E-state index contributed by atoms with van der Waals surface area (Å²) in [5, 5.41) is 4.65. The van der Waals surface area contributed by atoms with Crippen LogP contribution >= 0.6 is 11.6 Å². The number of benzene rings is 1. The van der Waals surface area contributed by atoms with Gasteiger partial charge in [-0.25, -0.2) is 0 Å². The minimum Gasteiger partial charge on any atom is -0.351 e. The Morgan fingerprint density at radius 2 is 1.89 bits per heavy atom.